The first kappa shape index (κ1) is 19.9. The molecule has 1 unspecified atom stereocenters. The van der Waals surface area contributed by atoms with Crippen LogP contribution in [0.2, 0.25) is 0 Å². The number of pyridine rings is 1. The van der Waals surface area contributed by atoms with E-state index in [1.807, 2.05) is 19.9 Å². The second-order valence-corrected chi connectivity index (χ2v) is 6.56. The Morgan fingerprint density at radius 1 is 1.62 bits per heavy atom. The van der Waals surface area contributed by atoms with Crippen molar-refractivity contribution in [1.82, 2.24) is 9.88 Å². The number of hydrogen-bond acceptors (Lipinski definition) is 6. The molecule has 1 aromatic heterocycles. The SMILES string of the molecule is CCCOc1ccc(NC(=O)[C@H](C)N2CCCC(/C(N)=C/C=N)C2)nc1.[HH].[HH]. The number of rotatable bonds is 8. The molecule has 0 aliphatic carbocycles. The van der Waals surface area contributed by atoms with Gasteiger partial charge in [-0.15, -0.1) is 0 Å². The van der Waals surface area contributed by atoms with Crippen LogP contribution in [0, 0.1) is 11.3 Å². The van der Waals surface area contributed by atoms with Crippen LogP contribution in [0.25, 0.3) is 0 Å². The summed E-state index contributed by atoms with van der Waals surface area (Å²) < 4.78 is 5.50. The van der Waals surface area contributed by atoms with E-state index >= 15 is 0 Å². The minimum Gasteiger partial charge on any atom is -0.492 e. The molecule has 0 bridgehead atoms. The molecule has 146 valence electrons. The zero-order chi connectivity index (χ0) is 18.9. The molecule has 2 heterocycles. The predicted octanol–water partition coefficient (Wildman–Crippen LogP) is 2.89. The van der Waals surface area contributed by atoms with Crippen LogP contribution < -0.4 is 15.8 Å². The van der Waals surface area contributed by atoms with Crippen LogP contribution in [-0.2, 0) is 4.79 Å². The van der Waals surface area contributed by atoms with Crippen molar-refractivity contribution in [3.63, 3.8) is 0 Å². The van der Waals surface area contributed by atoms with Gasteiger partial charge in [0.15, 0.2) is 0 Å². The van der Waals surface area contributed by atoms with E-state index in [4.69, 9.17) is 15.9 Å². The summed E-state index contributed by atoms with van der Waals surface area (Å²) in [5.41, 5.74) is 6.74. The number of carbonyl (C=O) groups is 1. The largest absolute Gasteiger partial charge is 0.492 e. The van der Waals surface area contributed by atoms with Crippen LogP contribution >= 0.6 is 0 Å². The molecule has 1 aromatic rings. The van der Waals surface area contributed by atoms with Gasteiger partial charge in [0.05, 0.1) is 18.8 Å². The number of carbonyl (C=O) groups excluding carboxylic acids is 1. The highest BCUT2D eigenvalue weighted by molar-refractivity contribution is 5.93. The lowest BCUT2D eigenvalue weighted by Crippen LogP contribution is -2.47. The van der Waals surface area contributed by atoms with Gasteiger partial charge in [0, 0.05) is 27.2 Å². The van der Waals surface area contributed by atoms with Crippen LogP contribution in [0.15, 0.2) is 30.1 Å². The Morgan fingerprint density at radius 3 is 3.08 bits per heavy atom. The van der Waals surface area contributed by atoms with Gasteiger partial charge in [-0.05, 0) is 50.9 Å². The third-order valence-electron chi connectivity index (χ3n) is 4.59. The van der Waals surface area contributed by atoms with Gasteiger partial charge in [0.1, 0.15) is 11.6 Å². The van der Waals surface area contributed by atoms with Crippen LogP contribution in [0.3, 0.4) is 0 Å². The van der Waals surface area contributed by atoms with E-state index in [1.165, 1.54) is 6.21 Å². The van der Waals surface area contributed by atoms with Gasteiger partial charge >= 0.3 is 0 Å². The van der Waals surface area contributed by atoms with Crippen LogP contribution in [0.4, 0.5) is 5.82 Å². The molecule has 2 atom stereocenters. The topological polar surface area (TPSA) is 104 Å². The van der Waals surface area contributed by atoms with Gasteiger partial charge in [-0.1, -0.05) is 6.92 Å². The molecule has 1 saturated heterocycles. The molecule has 7 nitrogen and oxygen atoms in total. The smallest absolute Gasteiger partial charge is 0.242 e. The van der Waals surface area contributed by atoms with Gasteiger partial charge in [-0.2, -0.15) is 0 Å². The summed E-state index contributed by atoms with van der Waals surface area (Å²) >= 11 is 0. The standard InChI is InChI=1S/C19H29N5O2.2H2/c1-3-11-26-16-6-7-18(22-12-16)23-19(25)14(2)24-10-4-5-15(13-24)17(21)8-9-20;;/h6-9,12,14-15,20H,3-5,10-11,13,21H2,1-2H3,(H,22,23,25);2*1H/b17-8-,20-9?;;/t14-,15?;;/m0../s1. The molecule has 0 radical (unpaired) electrons. The van der Waals surface area contributed by atoms with E-state index in [-0.39, 0.29) is 20.7 Å². The molecule has 1 amide bonds. The molecule has 4 N–H and O–H groups in total. The Kier molecular flexibility index (Phi) is 7.59. The van der Waals surface area contributed by atoms with E-state index in [0.717, 1.165) is 32.4 Å². The lowest BCUT2D eigenvalue weighted by Gasteiger charge is -2.36. The number of anilines is 1. The number of amides is 1. The average Bonchev–Trinajstić information content (AvgIpc) is 2.67. The fourth-order valence-corrected chi connectivity index (χ4v) is 3.02. The van der Waals surface area contributed by atoms with Gasteiger partial charge in [0.25, 0.3) is 0 Å². The van der Waals surface area contributed by atoms with Gasteiger partial charge in [0.2, 0.25) is 5.91 Å². The number of ether oxygens (including phenoxy) is 1. The molecule has 0 saturated carbocycles. The molecule has 0 aromatic carbocycles. The van der Waals surface area contributed by atoms with E-state index in [2.05, 4.69) is 15.2 Å². The number of piperidine rings is 1. The normalized spacial score (nSPS) is 19.6. The van der Waals surface area contributed by atoms with Gasteiger partial charge in [-0.3, -0.25) is 9.69 Å². The average molecular weight is 364 g/mol. The molecule has 1 aliphatic rings. The van der Waals surface area contributed by atoms with E-state index in [9.17, 15) is 4.79 Å². The Bertz CT molecular complexity index is 640. The third kappa shape index (κ3) is 5.56. The van der Waals surface area contributed by atoms with Crippen molar-refractivity contribution >= 4 is 17.9 Å². The molecule has 0 spiro atoms. The second kappa shape index (κ2) is 9.91. The number of hydrogen-bond donors (Lipinski definition) is 3. The maximum absolute atomic E-state index is 12.6. The minimum absolute atomic E-state index is 0. The highest BCUT2D eigenvalue weighted by Crippen LogP contribution is 2.23. The maximum Gasteiger partial charge on any atom is 0.242 e. The van der Waals surface area contributed by atoms with Crippen molar-refractivity contribution in [2.45, 2.75) is 39.2 Å². The quantitative estimate of drug-likeness (QED) is 0.616. The summed E-state index contributed by atoms with van der Waals surface area (Å²) in [5, 5.41) is 10.0. The monoisotopic (exact) mass is 363 g/mol. The summed E-state index contributed by atoms with van der Waals surface area (Å²) in [7, 11) is 0. The number of nitrogens with one attached hydrogen (secondary N) is 2. The highest BCUT2D eigenvalue weighted by Gasteiger charge is 2.28. The molecule has 1 aliphatic heterocycles. The first-order chi connectivity index (χ1) is 12.5. The number of nitrogens with zero attached hydrogens (tertiary/aromatic N) is 2. The Labute approximate surface area is 158 Å². The Balaban J connectivity index is 0.00000364. The minimum atomic E-state index is -0.275. The second-order valence-electron chi connectivity index (χ2n) is 6.56. The van der Waals surface area contributed by atoms with Crippen LogP contribution in [-0.4, -0.2) is 47.7 Å². The van der Waals surface area contributed by atoms with Crippen molar-refractivity contribution in [3.8, 4) is 5.75 Å². The van der Waals surface area contributed by atoms with Crippen molar-refractivity contribution in [3.05, 3.63) is 30.1 Å². The molecule has 26 heavy (non-hydrogen) atoms. The zero-order valence-electron chi connectivity index (χ0n) is 15.6. The summed E-state index contributed by atoms with van der Waals surface area (Å²) in [5.74, 6) is 1.32. The number of allylic oxidation sites excluding steroid dienone is 1. The zero-order valence-corrected chi connectivity index (χ0v) is 15.6. The molecular formula is C19H33N5O2. The van der Waals surface area contributed by atoms with Crippen molar-refractivity contribution in [2.24, 2.45) is 11.7 Å². The molecule has 1 fully saturated rings. The van der Waals surface area contributed by atoms with Crippen molar-refractivity contribution < 1.29 is 12.4 Å². The summed E-state index contributed by atoms with van der Waals surface area (Å²) in [6.45, 7) is 6.17. The van der Waals surface area contributed by atoms with Gasteiger partial charge < -0.3 is 21.2 Å². The van der Waals surface area contributed by atoms with Crippen LogP contribution in [0.1, 0.15) is 36.0 Å². The van der Waals surface area contributed by atoms with E-state index in [1.54, 1.807) is 18.3 Å². The molecular weight excluding hydrogens is 330 g/mol. The fraction of sp³-hybridized carbons (Fsp3) is 0.526. The lowest BCUT2D eigenvalue weighted by molar-refractivity contribution is -0.121. The van der Waals surface area contributed by atoms with Crippen LogP contribution in [0.5, 0.6) is 5.75 Å². The van der Waals surface area contributed by atoms with E-state index in [0.29, 0.717) is 23.9 Å². The maximum atomic E-state index is 12.6. The Morgan fingerprint density at radius 2 is 2.42 bits per heavy atom. The molecule has 7 heteroatoms. The van der Waals surface area contributed by atoms with E-state index < -0.39 is 0 Å². The summed E-state index contributed by atoms with van der Waals surface area (Å²) in [6.07, 6.45) is 7.37. The third-order valence-corrected chi connectivity index (χ3v) is 4.59. The molecule has 2 rings (SSSR count). The number of likely N-dealkylation sites (tertiary alicyclic amines) is 1. The number of aromatic nitrogens is 1. The number of nitrogens with two attached hydrogens (primary N) is 1. The summed E-state index contributed by atoms with van der Waals surface area (Å²) in [4.78, 5) is 18.9. The highest BCUT2D eigenvalue weighted by atomic mass is 16.5. The Hall–Kier alpha value is -2.41. The summed E-state index contributed by atoms with van der Waals surface area (Å²) in [6, 6.07) is 3.28. The van der Waals surface area contributed by atoms with Gasteiger partial charge in [-0.25, -0.2) is 4.98 Å². The van der Waals surface area contributed by atoms with Crippen molar-refractivity contribution in [2.75, 3.05) is 25.0 Å². The fourth-order valence-electron chi connectivity index (χ4n) is 3.02. The van der Waals surface area contributed by atoms with Crippen molar-refractivity contribution in [1.29, 1.82) is 5.41 Å². The predicted molar refractivity (Wildman–Crippen MR) is 108 cm³/mol. The first-order valence-electron chi connectivity index (χ1n) is 9.15. The lowest BCUT2D eigenvalue weighted by atomic mass is 9.93. The first-order valence-corrected chi connectivity index (χ1v) is 9.15.